The van der Waals surface area contributed by atoms with Crippen molar-refractivity contribution in [2.45, 2.75) is 6.54 Å². The number of hydrogen-bond donors (Lipinski definition) is 0. The summed E-state index contributed by atoms with van der Waals surface area (Å²) in [5.74, 6) is 1.33. The minimum atomic E-state index is 0.00310. The van der Waals surface area contributed by atoms with Gasteiger partial charge in [-0.3, -0.25) is 9.69 Å². The van der Waals surface area contributed by atoms with Crippen LogP contribution in [0.2, 0.25) is 0 Å². The van der Waals surface area contributed by atoms with Crippen LogP contribution < -0.4 is 0 Å². The standard InChI is InChI=1S/C14H21BrN2O3/c1-16(2)14(18)12-8-17(6-10(12)9-19-3)7-11-4-5-13(15)20-11/h4-5,10,12H,6-9H2,1-3H3/t10-,12+/m0/s1. The Labute approximate surface area is 128 Å². The quantitative estimate of drug-likeness (QED) is 0.817. The molecule has 0 spiro atoms. The van der Waals surface area contributed by atoms with Gasteiger partial charge in [-0.05, 0) is 28.1 Å². The van der Waals surface area contributed by atoms with Gasteiger partial charge in [-0.25, -0.2) is 0 Å². The second-order valence-corrected chi connectivity index (χ2v) is 6.24. The Morgan fingerprint density at radius 1 is 1.50 bits per heavy atom. The molecular weight excluding hydrogens is 324 g/mol. The van der Waals surface area contributed by atoms with Gasteiger partial charge in [0, 0.05) is 40.2 Å². The molecule has 1 aromatic heterocycles. The van der Waals surface area contributed by atoms with E-state index in [0.29, 0.717) is 6.61 Å². The summed E-state index contributed by atoms with van der Waals surface area (Å²) in [6, 6.07) is 3.84. The van der Waals surface area contributed by atoms with Crippen molar-refractivity contribution in [3.63, 3.8) is 0 Å². The first-order valence-corrected chi connectivity index (χ1v) is 7.47. The SMILES string of the molecule is COC[C@@H]1CN(Cc2ccc(Br)o2)C[C@H]1C(=O)N(C)C. The number of carbonyl (C=O) groups excluding carboxylic acids is 1. The van der Waals surface area contributed by atoms with E-state index in [1.54, 1.807) is 26.1 Å². The van der Waals surface area contributed by atoms with Crippen molar-refractivity contribution in [1.29, 1.82) is 0 Å². The Kier molecular flexibility index (Phi) is 5.23. The zero-order valence-corrected chi connectivity index (χ0v) is 13.7. The molecule has 2 atom stereocenters. The highest BCUT2D eigenvalue weighted by atomic mass is 79.9. The Bertz CT molecular complexity index is 461. The number of rotatable bonds is 5. The molecule has 5 nitrogen and oxygen atoms in total. The monoisotopic (exact) mass is 344 g/mol. The zero-order valence-electron chi connectivity index (χ0n) is 12.1. The van der Waals surface area contributed by atoms with Crippen LogP contribution in [0.1, 0.15) is 5.76 Å². The van der Waals surface area contributed by atoms with Gasteiger partial charge in [-0.15, -0.1) is 0 Å². The summed E-state index contributed by atoms with van der Waals surface area (Å²) in [7, 11) is 5.29. The third kappa shape index (κ3) is 3.62. The molecule has 0 unspecified atom stereocenters. The number of ether oxygens (including phenoxy) is 1. The molecule has 1 aliphatic rings. The third-order valence-corrected chi connectivity index (χ3v) is 4.09. The van der Waals surface area contributed by atoms with E-state index in [0.717, 1.165) is 30.1 Å². The number of methoxy groups -OCH3 is 1. The number of furan rings is 1. The minimum absolute atomic E-state index is 0.00310. The van der Waals surface area contributed by atoms with Crippen LogP contribution in [0, 0.1) is 11.8 Å². The lowest BCUT2D eigenvalue weighted by Crippen LogP contribution is -2.35. The van der Waals surface area contributed by atoms with Gasteiger partial charge in [0.1, 0.15) is 5.76 Å². The number of amides is 1. The van der Waals surface area contributed by atoms with E-state index in [2.05, 4.69) is 20.8 Å². The van der Waals surface area contributed by atoms with Crippen molar-refractivity contribution < 1.29 is 13.9 Å². The van der Waals surface area contributed by atoms with Crippen molar-refractivity contribution in [2.75, 3.05) is 40.9 Å². The van der Waals surface area contributed by atoms with Gasteiger partial charge in [0.15, 0.2) is 4.67 Å². The molecule has 1 fully saturated rings. The van der Waals surface area contributed by atoms with Gasteiger partial charge in [0.25, 0.3) is 0 Å². The molecule has 2 rings (SSSR count). The molecule has 112 valence electrons. The smallest absolute Gasteiger partial charge is 0.226 e. The number of halogens is 1. The maximum atomic E-state index is 12.2. The fourth-order valence-corrected chi connectivity index (χ4v) is 3.08. The molecule has 1 amide bonds. The highest BCUT2D eigenvalue weighted by molar-refractivity contribution is 9.10. The van der Waals surface area contributed by atoms with E-state index < -0.39 is 0 Å². The molecule has 0 aromatic carbocycles. The van der Waals surface area contributed by atoms with Crippen LogP contribution in [0.3, 0.4) is 0 Å². The van der Waals surface area contributed by atoms with Crippen molar-refractivity contribution >= 4 is 21.8 Å². The molecule has 20 heavy (non-hydrogen) atoms. The maximum absolute atomic E-state index is 12.2. The first kappa shape index (κ1) is 15.5. The number of hydrogen-bond acceptors (Lipinski definition) is 4. The summed E-state index contributed by atoms with van der Waals surface area (Å²) in [4.78, 5) is 16.2. The fraction of sp³-hybridized carbons (Fsp3) is 0.643. The largest absolute Gasteiger partial charge is 0.453 e. The van der Waals surface area contributed by atoms with Crippen molar-refractivity contribution in [1.82, 2.24) is 9.80 Å². The Morgan fingerprint density at radius 3 is 2.80 bits per heavy atom. The van der Waals surface area contributed by atoms with Crippen molar-refractivity contribution in [3.05, 3.63) is 22.6 Å². The van der Waals surface area contributed by atoms with Gasteiger partial charge in [0.2, 0.25) is 5.91 Å². The van der Waals surface area contributed by atoms with E-state index >= 15 is 0 Å². The molecule has 6 heteroatoms. The molecule has 0 N–H and O–H groups in total. The van der Waals surface area contributed by atoms with E-state index in [9.17, 15) is 4.79 Å². The Hall–Kier alpha value is -0.850. The first-order chi connectivity index (χ1) is 9.51. The molecule has 0 aliphatic carbocycles. The molecule has 1 saturated heterocycles. The van der Waals surface area contributed by atoms with Crippen LogP contribution in [0.15, 0.2) is 21.2 Å². The summed E-state index contributed by atoms with van der Waals surface area (Å²) >= 11 is 3.31. The van der Waals surface area contributed by atoms with Crippen LogP contribution in [0.5, 0.6) is 0 Å². The number of nitrogens with zero attached hydrogens (tertiary/aromatic N) is 2. The van der Waals surface area contributed by atoms with Gasteiger partial charge >= 0.3 is 0 Å². The average Bonchev–Trinajstić information content (AvgIpc) is 2.96. The first-order valence-electron chi connectivity index (χ1n) is 6.68. The van der Waals surface area contributed by atoms with E-state index in [4.69, 9.17) is 9.15 Å². The summed E-state index contributed by atoms with van der Waals surface area (Å²) in [5.41, 5.74) is 0. The van der Waals surface area contributed by atoms with Gasteiger partial charge in [-0.2, -0.15) is 0 Å². The Morgan fingerprint density at radius 2 is 2.25 bits per heavy atom. The highest BCUT2D eigenvalue weighted by Crippen LogP contribution is 2.27. The van der Waals surface area contributed by atoms with Crippen molar-refractivity contribution in [3.8, 4) is 0 Å². The molecule has 1 aliphatic heterocycles. The van der Waals surface area contributed by atoms with Gasteiger partial charge in [-0.1, -0.05) is 0 Å². The highest BCUT2D eigenvalue weighted by Gasteiger charge is 2.38. The minimum Gasteiger partial charge on any atom is -0.453 e. The van der Waals surface area contributed by atoms with Crippen LogP contribution in [-0.4, -0.2) is 56.6 Å². The van der Waals surface area contributed by atoms with E-state index in [-0.39, 0.29) is 17.7 Å². The third-order valence-electron chi connectivity index (χ3n) is 3.66. The molecular formula is C14H21BrN2O3. The lowest BCUT2D eigenvalue weighted by molar-refractivity contribution is -0.134. The van der Waals surface area contributed by atoms with Crippen molar-refractivity contribution in [2.24, 2.45) is 11.8 Å². The van der Waals surface area contributed by atoms with Crippen LogP contribution in [0.25, 0.3) is 0 Å². The summed E-state index contributed by atoms with van der Waals surface area (Å²) < 4.78 is 11.5. The molecule has 0 bridgehead atoms. The molecule has 0 radical (unpaired) electrons. The summed E-state index contributed by atoms with van der Waals surface area (Å²) in [6.07, 6.45) is 0. The molecule has 1 aromatic rings. The summed E-state index contributed by atoms with van der Waals surface area (Å²) in [6.45, 7) is 2.95. The number of carbonyl (C=O) groups is 1. The predicted octanol–water partition coefficient (Wildman–Crippen LogP) is 1.82. The maximum Gasteiger partial charge on any atom is 0.226 e. The van der Waals surface area contributed by atoms with Crippen LogP contribution in [0.4, 0.5) is 0 Å². The zero-order chi connectivity index (χ0) is 14.7. The fourth-order valence-electron chi connectivity index (χ4n) is 2.74. The van der Waals surface area contributed by atoms with Crippen LogP contribution >= 0.6 is 15.9 Å². The second kappa shape index (κ2) is 6.74. The lowest BCUT2D eigenvalue weighted by atomic mass is 9.96. The molecule has 0 saturated carbocycles. The van der Waals surface area contributed by atoms with E-state index in [1.807, 2.05) is 12.1 Å². The van der Waals surface area contributed by atoms with E-state index in [1.165, 1.54) is 0 Å². The van der Waals surface area contributed by atoms with Gasteiger partial charge in [0.05, 0.1) is 19.1 Å². The summed E-state index contributed by atoms with van der Waals surface area (Å²) in [5, 5.41) is 0. The predicted molar refractivity (Wildman–Crippen MR) is 79.2 cm³/mol. The average molecular weight is 345 g/mol. The lowest BCUT2D eigenvalue weighted by Gasteiger charge is -2.20. The van der Waals surface area contributed by atoms with Crippen LogP contribution in [-0.2, 0) is 16.1 Å². The molecule has 2 heterocycles. The van der Waals surface area contributed by atoms with Gasteiger partial charge < -0.3 is 14.1 Å². The topological polar surface area (TPSA) is 45.9 Å². The normalized spacial score (nSPS) is 23.2. The number of likely N-dealkylation sites (tertiary alicyclic amines) is 1. The second-order valence-electron chi connectivity index (χ2n) is 5.45. The Balaban J connectivity index is 2.01.